The van der Waals surface area contributed by atoms with Crippen molar-refractivity contribution >= 4 is 22.5 Å². The Morgan fingerprint density at radius 1 is 1.24 bits per heavy atom. The molecule has 0 bridgehead atoms. The number of pyridine rings is 1. The highest BCUT2D eigenvalue weighted by Crippen LogP contribution is 2.75. The maximum atomic E-state index is 14.2. The summed E-state index contributed by atoms with van der Waals surface area (Å²) in [6, 6.07) is 8.74. The third-order valence-corrected chi connectivity index (χ3v) is 7.32. The minimum Gasteiger partial charge on any atom is -0.379 e. The summed E-state index contributed by atoms with van der Waals surface area (Å²) in [5.74, 6) is -0.535. The zero-order valence-electron chi connectivity index (χ0n) is 18.0. The van der Waals surface area contributed by atoms with Crippen LogP contribution in [-0.4, -0.2) is 74.4 Å². The number of fused-ring (bicyclic) bond motifs is 2. The van der Waals surface area contributed by atoms with E-state index in [1.165, 1.54) is 0 Å². The summed E-state index contributed by atoms with van der Waals surface area (Å²) in [7, 11) is 0. The van der Waals surface area contributed by atoms with Crippen molar-refractivity contribution in [2.45, 2.75) is 12.6 Å². The third-order valence-electron chi connectivity index (χ3n) is 7.32. The molecule has 7 nitrogen and oxygen atoms in total. The van der Waals surface area contributed by atoms with Gasteiger partial charge in [-0.25, -0.2) is 0 Å². The van der Waals surface area contributed by atoms with E-state index in [-0.39, 0.29) is 19.5 Å². The van der Waals surface area contributed by atoms with Crippen LogP contribution in [0.1, 0.15) is 12.0 Å². The number of aromatic nitrogens is 1. The Balaban J connectivity index is 1.39. The number of nitrogens with one attached hydrogen (secondary N) is 1. The van der Waals surface area contributed by atoms with E-state index in [1.807, 2.05) is 0 Å². The summed E-state index contributed by atoms with van der Waals surface area (Å²) in [6.07, 6.45) is -3.14. The molecule has 0 radical (unpaired) electrons. The summed E-state index contributed by atoms with van der Waals surface area (Å²) in [5.41, 5.74) is -2.19. The van der Waals surface area contributed by atoms with Crippen molar-refractivity contribution in [3.05, 3.63) is 36.0 Å². The number of carbonyl (C=O) groups is 1. The first kappa shape index (κ1) is 21.9. The van der Waals surface area contributed by atoms with E-state index in [2.05, 4.69) is 21.3 Å². The first-order chi connectivity index (χ1) is 15.8. The Bertz CT molecular complexity index is 1130. The molecule has 3 fully saturated rings. The number of nitriles is 1. The molecule has 2 atom stereocenters. The van der Waals surface area contributed by atoms with E-state index in [9.17, 15) is 23.2 Å². The van der Waals surface area contributed by atoms with Crippen LogP contribution in [0.5, 0.6) is 0 Å². The smallest absolute Gasteiger partial charge is 0.379 e. The lowest BCUT2D eigenvalue weighted by molar-refractivity contribution is -0.191. The van der Waals surface area contributed by atoms with Crippen LogP contribution in [0.15, 0.2) is 30.5 Å². The van der Waals surface area contributed by atoms with Gasteiger partial charge in [-0.15, -0.1) is 0 Å². The van der Waals surface area contributed by atoms with E-state index < -0.39 is 22.9 Å². The number of carbonyl (C=O) groups excluding carboxylic acids is 1. The molecule has 2 saturated heterocycles. The average Bonchev–Trinajstić information content (AvgIpc) is 3.36. The van der Waals surface area contributed by atoms with E-state index >= 15 is 0 Å². The number of ether oxygens (including phenoxy) is 1. The average molecular weight is 459 g/mol. The fraction of sp³-hybridized carbons (Fsp3) is 0.522. The number of rotatable bonds is 5. The molecule has 3 aliphatic rings. The van der Waals surface area contributed by atoms with Crippen molar-refractivity contribution in [2.75, 3.05) is 57.4 Å². The van der Waals surface area contributed by atoms with Crippen LogP contribution >= 0.6 is 0 Å². The molecule has 1 saturated carbocycles. The number of amides is 1. The Kier molecular flexibility index (Phi) is 5.21. The molecule has 1 aromatic carbocycles. The number of anilines is 1. The quantitative estimate of drug-likeness (QED) is 0.739. The molecule has 1 aromatic heterocycles. The van der Waals surface area contributed by atoms with Gasteiger partial charge >= 0.3 is 6.18 Å². The monoisotopic (exact) mass is 459 g/mol. The van der Waals surface area contributed by atoms with Gasteiger partial charge in [0.25, 0.3) is 0 Å². The summed E-state index contributed by atoms with van der Waals surface area (Å²) >= 11 is 0. The van der Waals surface area contributed by atoms with Gasteiger partial charge in [0.1, 0.15) is 11.5 Å². The molecule has 5 rings (SSSR count). The Hall–Kier alpha value is -2.90. The van der Waals surface area contributed by atoms with Crippen LogP contribution in [0.3, 0.4) is 0 Å². The summed E-state index contributed by atoms with van der Waals surface area (Å²) < 4.78 is 48.0. The summed E-state index contributed by atoms with van der Waals surface area (Å²) in [6.45, 7) is 3.32. The Morgan fingerprint density at radius 3 is 2.76 bits per heavy atom. The second-order valence-electron chi connectivity index (χ2n) is 9.05. The van der Waals surface area contributed by atoms with Gasteiger partial charge in [-0.3, -0.25) is 14.7 Å². The van der Waals surface area contributed by atoms with Gasteiger partial charge in [0.15, 0.2) is 0 Å². The fourth-order valence-electron chi connectivity index (χ4n) is 5.44. The summed E-state index contributed by atoms with van der Waals surface area (Å²) in [5, 5.41) is 12.7. The molecule has 1 N–H and O–H groups in total. The molecular weight excluding hydrogens is 435 g/mol. The van der Waals surface area contributed by atoms with Gasteiger partial charge in [0.05, 0.1) is 29.7 Å². The van der Waals surface area contributed by atoms with Crippen LogP contribution in [0.4, 0.5) is 18.9 Å². The van der Waals surface area contributed by atoms with Crippen molar-refractivity contribution in [1.82, 2.24) is 15.2 Å². The van der Waals surface area contributed by atoms with Gasteiger partial charge in [0, 0.05) is 56.5 Å². The normalized spacial score (nSPS) is 27.3. The maximum Gasteiger partial charge on any atom is 0.397 e. The Morgan fingerprint density at radius 2 is 2.03 bits per heavy atom. The van der Waals surface area contributed by atoms with Gasteiger partial charge in [-0.05, 0) is 30.7 Å². The summed E-state index contributed by atoms with van der Waals surface area (Å²) in [4.78, 5) is 21.1. The molecule has 1 aliphatic carbocycles. The highest BCUT2D eigenvalue weighted by atomic mass is 19.4. The van der Waals surface area contributed by atoms with Crippen LogP contribution < -0.4 is 10.2 Å². The predicted octanol–water partition coefficient (Wildman–Crippen LogP) is 2.31. The third kappa shape index (κ3) is 3.42. The lowest BCUT2D eigenvalue weighted by Gasteiger charge is -2.27. The molecule has 1 amide bonds. The van der Waals surface area contributed by atoms with E-state index in [4.69, 9.17) is 4.74 Å². The molecule has 2 aromatic rings. The zero-order chi connectivity index (χ0) is 23.3. The number of morpholine rings is 1. The minimum atomic E-state index is -4.50. The highest BCUT2D eigenvalue weighted by molar-refractivity contribution is 5.97. The van der Waals surface area contributed by atoms with Crippen LogP contribution in [0, 0.1) is 22.2 Å². The highest BCUT2D eigenvalue weighted by Gasteiger charge is 2.86. The molecule has 10 heteroatoms. The fourth-order valence-corrected chi connectivity index (χ4v) is 5.44. The van der Waals surface area contributed by atoms with Gasteiger partial charge < -0.3 is 15.0 Å². The number of halogens is 3. The number of hydrogen-bond donors (Lipinski definition) is 1. The van der Waals surface area contributed by atoms with Crippen LogP contribution in [0.2, 0.25) is 0 Å². The van der Waals surface area contributed by atoms with Crippen molar-refractivity contribution in [3.63, 3.8) is 0 Å². The second kappa shape index (κ2) is 7.85. The lowest BCUT2D eigenvalue weighted by atomic mass is 9.94. The number of piperidine rings is 1. The molecular formula is C23H24F3N5O2. The first-order valence-electron chi connectivity index (χ1n) is 11.0. The van der Waals surface area contributed by atoms with Crippen molar-refractivity contribution in [3.8, 4) is 6.07 Å². The topological polar surface area (TPSA) is 81.5 Å². The SMILES string of the molecule is N#Cc1ccc(N2C[C@@]3(C(=O)NCCN4CCOCC4)C[C@@]3(C(F)(F)F)C2)c2cccnc12. The van der Waals surface area contributed by atoms with E-state index in [0.717, 1.165) is 13.1 Å². The van der Waals surface area contributed by atoms with E-state index in [0.29, 0.717) is 48.5 Å². The molecule has 0 unspecified atom stereocenters. The van der Waals surface area contributed by atoms with Crippen LogP contribution in [0.25, 0.3) is 10.9 Å². The first-order valence-corrected chi connectivity index (χ1v) is 11.0. The van der Waals surface area contributed by atoms with Crippen molar-refractivity contribution in [2.24, 2.45) is 10.8 Å². The standard InChI is InChI=1S/C23H24F3N5O2/c24-23(25,26)22-13-21(22,20(32)29-6-7-30-8-10-33-11-9-30)14-31(15-22)18-4-3-16(12-27)19-17(18)2-1-5-28-19/h1-5H,6-11,13-15H2,(H,29,32)/t21-,22-/m1/s1. The lowest BCUT2D eigenvalue weighted by Crippen LogP contribution is -2.45. The molecule has 2 aliphatic heterocycles. The van der Waals surface area contributed by atoms with Crippen molar-refractivity contribution < 1.29 is 22.7 Å². The van der Waals surface area contributed by atoms with Gasteiger partial charge in [-0.1, -0.05) is 0 Å². The largest absolute Gasteiger partial charge is 0.397 e. The molecule has 174 valence electrons. The molecule has 0 spiro atoms. The van der Waals surface area contributed by atoms with Crippen LogP contribution in [-0.2, 0) is 9.53 Å². The van der Waals surface area contributed by atoms with Crippen molar-refractivity contribution in [1.29, 1.82) is 5.26 Å². The predicted molar refractivity (Wildman–Crippen MR) is 114 cm³/mol. The Labute approximate surface area is 189 Å². The second-order valence-corrected chi connectivity index (χ2v) is 9.05. The zero-order valence-corrected chi connectivity index (χ0v) is 18.0. The number of benzene rings is 1. The minimum absolute atomic E-state index is 0.0220. The van der Waals surface area contributed by atoms with Gasteiger partial charge in [-0.2, -0.15) is 18.4 Å². The number of alkyl halides is 3. The molecule has 3 heterocycles. The molecule has 33 heavy (non-hydrogen) atoms. The van der Waals surface area contributed by atoms with Gasteiger partial charge in [0.2, 0.25) is 5.91 Å². The number of nitrogens with zero attached hydrogens (tertiary/aromatic N) is 4. The number of hydrogen-bond acceptors (Lipinski definition) is 6. The maximum absolute atomic E-state index is 14.2. The van der Waals surface area contributed by atoms with E-state index in [1.54, 1.807) is 35.4 Å².